The van der Waals surface area contributed by atoms with Crippen LogP contribution in [-0.2, 0) is 10.0 Å². The van der Waals surface area contributed by atoms with Crippen molar-refractivity contribution in [3.63, 3.8) is 0 Å². The Morgan fingerprint density at radius 2 is 2.07 bits per heavy atom. The molecule has 0 saturated carbocycles. The van der Waals surface area contributed by atoms with Gasteiger partial charge in [0.2, 0.25) is 10.0 Å². The van der Waals surface area contributed by atoms with E-state index >= 15 is 0 Å². The van der Waals surface area contributed by atoms with Gasteiger partial charge in [-0.1, -0.05) is 19.1 Å². The first-order valence-corrected chi connectivity index (χ1v) is 11.0. The fourth-order valence-corrected chi connectivity index (χ4v) is 4.76. The second-order valence-corrected chi connectivity index (χ2v) is 9.19. The molecule has 1 N–H and O–H groups in total. The average Bonchev–Trinajstić information content (AvgIpc) is 3.20. The van der Waals surface area contributed by atoms with Crippen molar-refractivity contribution in [1.82, 2.24) is 9.21 Å². The van der Waals surface area contributed by atoms with E-state index in [-0.39, 0.29) is 17.3 Å². The Labute approximate surface area is 171 Å². The fraction of sp³-hybridized carbons (Fsp3) is 0.579. The molecule has 0 amide bonds. The highest BCUT2D eigenvalue weighted by Gasteiger charge is 2.30. The highest BCUT2D eigenvalue weighted by atomic mass is 32.2. The number of nitro benzene ring substituents is 1. The van der Waals surface area contributed by atoms with Crippen LogP contribution in [0.3, 0.4) is 0 Å². The largest absolute Gasteiger partial charge is 0.484 e. The monoisotopic (exact) mass is 427 g/mol. The van der Waals surface area contributed by atoms with Crippen molar-refractivity contribution in [2.24, 2.45) is 0 Å². The third-order valence-electron chi connectivity index (χ3n) is 4.67. The van der Waals surface area contributed by atoms with Crippen molar-refractivity contribution < 1.29 is 23.2 Å². The molecule has 1 heterocycles. The third-order valence-corrected chi connectivity index (χ3v) is 6.57. The van der Waals surface area contributed by atoms with Crippen LogP contribution in [0.15, 0.2) is 35.2 Å². The summed E-state index contributed by atoms with van der Waals surface area (Å²) in [5, 5.41) is 21.7. The SMILES string of the molecule is C=C(C)CN(CC)CC(O)COc1ccc(S(=O)(=O)N2CCCC2)cc1[N+](=O)[O-]. The quantitative estimate of drug-likeness (QED) is 0.326. The summed E-state index contributed by atoms with van der Waals surface area (Å²) in [7, 11) is -3.76. The van der Waals surface area contributed by atoms with Crippen molar-refractivity contribution in [1.29, 1.82) is 0 Å². The average molecular weight is 428 g/mol. The van der Waals surface area contributed by atoms with Crippen LogP contribution in [0.5, 0.6) is 5.75 Å². The Morgan fingerprint density at radius 3 is 2.62 bits per heavy atom. The van der Waals surface area contributed by atoms with Gasteiger partial charge in [0.05, 0.1) is 9.82 Å². The first kappa shape index (κ1) is 23.3. The molecule has 1 atom stereocenters. The summed E-state index contributed by atoms with van der Waals surface area (Å²) >= 11 is 0. The van der Waals surface area contributed by atoms with Crippen LogP contribution in [0.4, 0.5) is 5.69 Å². The van der Waals surface area contributed by atoms with Crippen LogP contribution in [0, 0.1) is 10.1 Å². The number of aliphatic hydroxyl groups excluding tert-OH is 1. The van der Waals surface area contributed by atoms with E-state index in [2.05, 4.69) is 6.58 Å². The van der Waals surface area contributed by atoms with E-state index in [1.807, 2.05) is 18.7 Å². The minimum Gasteiger partial charge on any atom is -0.484 e. The number of nitrogens with zero attached hydrogens (tertiary/aromatic N) is 3. The number of sulfonamides is 1. The summed E-state index contributed by atoms with van der Waals surface area (Å²) in [6, 6.07) is 3.61. The van der Waals surface area contributed by atoms with Crippen molar-refractivity contribution in [2.75, 3.05) is 39.3 Å². The van der Waals surface area contributed by atoms with Crippen LogP contribution in [-0.4, -0.2) is 73.1 Å². The number of rotatable bonds is 11. The molecule has 29 heavy (non-hydrogen) atoms. The topological polar surface area (TPSA) is 113 Å². The van der Waals surface area contributed by atoms with Gasteiger partial charge in [0, 0.05) is 32.2 Å². The molecule has 162 valence electrons. The van der Waals surface area contributed by atoms with Crippen LogP contribution in [0.25, 0.3) is 0 Å². The summed E-state index contributed by atoms with van der Waals surface area (Å²) < 4.78 is 32.1. The third kappa shape index (κ3) is 6.23. The maximum Gasteiger partial charge on any atom is 0.312 e. The van der Waals surface area contributed by atoms with Gasteiger partial charge in [-0.2, -0.15) is 4.31 Å². The van der Waals surface area contributed by atoms with Crippen LogP contribution in [0.2, 0.25) is 0 Å². The fourth-order valence-electron chi connectivity index (χ4n) is 3.22. The lowest BCUT2D eigenvalue weighted by molar-refractivity contribution is -0.386. The molecule has 9 nitrogen and oxygen atoms in total. The Kier molecular flexibility index (Phi) is 8.14. The molecule has 1 aliphatic rings. The van der Waals surface area contributed by atoms with Gasteiger partial charge in [0.25, 0.3) is 0 Å². The van der Waals surface area contributed by atoms with Gasteiger partial charge >= 0.3 is 5.69 Å². The van der Waals surface area contributed by atoms with E-state index in [1.165, 1.54) is 16.4 Å². The van der Waals surface area contributed by atoms with E-state index in [9.17, 15) is 23.6 Å². The lowest BCUT2D eigenvalue weighted by Gasteiger charge is -2.23. The number of aliphatic hydroxyl groups is 1. The van der Waals surface area contributed by atoms with Crippen molar-refractivity contribution in [2.45, 2.75) is 37.7 Å². The predicted molar refractivity (Wildman–Crippen MR) is 110 cm³/mol. The van der Waals surface area contributed by atoms with Crippen LogP contribution >= 0.6 is 0 Å². The van der Waals surface area contributed by atoms with Gasteiger partial charge in [0.15, 0.2) is 5.75 Å². The highest BCUT2D eigenvalue weighted by Crippen LogP contribution is 2.31. The summed E-state index contributed by atoms with van der Waals surface area (Å²) in [5.41, 5.74) is 0.525. The van der Waals surface area contributed by atoms with Gasteiger partial charge in [0.1, 0.15) is 12.7 Å². The number of nitro groups is 1. The normalized spacial score (nSPS) is 16.1. The van der Waals surface area contributed by atoms with E-state index in [0.29, 0.717) is 32.7 Å². The van der Waals surface area contributed by atoms with E-state index in [0.717, 1.165) is 24.5 Å². The molecule has 2 rings (SSSR count). The summed E-state index contributed by atoms with van der Waals surface area (Å²) in [6.07, 6.45) is 0.697. The first-order chi connectivity index (χ1) is 13.6. The van der Waals surface area contributed by atoms with Crippen LogP contribution < -0.4 is 4.74 Å². The summed E-state index contributed by atoms with van der Waals surface area (Å²) in [4.78, 5) is 12.6. The maximum atomic E-state index is 12.6. The molecule has 1 aromatic rings. The Morgan fingerprint density at radius 1 is 1.41 bits per heavy atom. The lowest BCUT2D eigenvalue weighted by atomic mass is 10.2. The summed E-state index contributed by atoms with van der Waals surface area (Å²) in [5.74, 6) is -0.0719. The van der Waals surface area contributed by atoms with Gasteiger partial charge in [-0.25, -0.2) is 8.42 Å². The molecule has 0 radical (unpaired) electrons. The number of likely N-dealkylation sites (N-methyl/N-ethyl adjacent to an activating group) is 1. The van der Waals surface area contributed by atoms with Crippen molar-refractivity contribution in [3.05, 3.63) is 40.5 Å². The Balaban J connectivity index is 2.11. The van der Waals surface area contributed by atoms with Gasteiger partial charge in [-0.15, -0.1) is 0 Å². The molecule has 0 bridgehead atoms. The molecule has 1 aromatic carbocycles. The number of hydrogen-bond donors (Lipinski definition) is 1. The lowest BCUT2D eigenvalue weighted by Crippen LogP contribution is -2.36. The minimum absolute atomic E-state index is 0.0719. The molecule has 1 aliphatic heterocycles. The zero-order chi connectivity index (χ0) is 21.6. The molecule has 0 spiro atoms. The van der Waals surface area contributed by atoms with Gasteiger partial charge in [-0.3, -0.25) is 15.0 Å². The summed E-state index contributed by atoms with van der Waals surface area (Å²) in [6.45, 7) is 10.1. The molecular formula is C19H29N3O6S. The van der Waals surface area contributed by atoms with Gasteiger partial charge < -0.3 is 9.84 Å². The Hall–Kier alpha value is -2.01. The molecule has 1 unspecified atom stereocenters. The molecule has 1 fully saturated rings. The van der Waals surface area contributed by atoms with E-state index < -0.39 is 26.7 Å². The standard InChI is InChI=1S/C19H29N3O6S/c1-4-20(12-15(2)3)13-16(23)14-28-19-8-7-17(11-18(19)22(24)25)29(26,27)21-9-5-6-10-21/h7-8,11,16,23H,2,4-6,9-10,12-14H2,1,3H3. The van der Waals surface area contributed by atoms with E-state index in [1.54, 1.807) is 0 Å². The second-order valence-electron chi connectivity index (χ2n) is 7.25. The Bertz CT molecular complexity index is 836. The molecular weight excluding hydrogens is 398 g/mol. The number of ether oxygens (including phenoxy) is 1. The highest BCUT2D eigenvalue weighted by molar-refractivity contribution is 7.89. The number of benzene rings is 1. The van der Waals surface area contributed by atoms with Crippen molar-refractivity contribution >= 4 is 15.7 Å². The smallest absolute Gasteiger partial charge is 0.312 e. The zero-order valence-electron chi connectivity index (χ0n) is 16.9. The van der Waals surface area contributed by atoms with Crippen LogP contribution in [0.1, 0.15) is 26.7 Å². The van der Waals surface area contributed by atoms with Crippen molar-refractivity contribution in [3.8, 4) is 5.75 Å². The molecule has 0 aliphatic carbocycles. The predicted octanol–water partition coefficient (Wildman–Crippen LogP) is 2.02. The maximum absolute atomic E-state index is 12.6. The molecule has 1 saturated heterocycles. The van der Waals surface area contributed by atoms with E-state index in [4.69, 9.17) is 4.74 Å². The zero-order valence-corrected chi connectivity index (χ0v) is 17.7. The first-order valence-electron chi connectivity index (χ1n) is 9.61. The second kappa shape index (κ2) is 10.1. The molecule has 10 heteroatoms. The van der Waals surface area contributed by atoms with Gasteiger partial charge in [-0.05, 0) is 38.4 Å². The number of hydrogen-bond acceptors (Lipinski definition) is 7. The molecule has 0 aromatic heterocycles. The minimum atomic E-state index is -3.76.